The van der Waals surface area contributed by atoms with Crippen molar-refractivity contribution >= 4 is 10.9 Å². The van der Waals surface area contributed by atoms with Crippen LogP contribution in [-0.2, 0) is 20.1 Å². The van der Waals surface area contributed by atoms with E-state index < -0.39 is 0 Å². The topological polar surface area (TPSA) is 43.1 Å². The van der Waals surface area contributed by atoms with E-state index >= 15 is 0 Å². The molecular weight excluding hydrogens is 384 g/mol. The lowest BCUT2D eigenvalue weighted by Gasteiger charge is -2.43. The van der Waals surface area contributed by atoms with Crippen LogP contribution in [0, 0.1) is 5.92 Å². The van der Waals surface area contributed by atoms with Gasteiger partial charge in [-0.25, -0.2) is 0 Å². The fourth-order valence-corrected chi connectivity index (χ4v) is 5.80. The van der Waals surface area contributed by atoms with Gasteiger partial charge in [0.2, 0.25) is 0 Å². The van der Waals surface area contributed by atoms with Crippen LogP contribution in [0.3, 0.4) is 0 Å². The number of rotatable bonds is 3. The van der Waals surface area contributed by atoms with Gasteiger partial charge in [-0.2, -0.15) is 0 Å². The summed E-state index contributed by atoms with van der Waals surface area (Å²) >= 11 is 0. The van der Waals surface area contributed by atoms with E-state index in [9.17, 15) is 4.79 Å². The number of nitrogens with zero attached hydrogens (tertiary/aromatic N) is 4. The van der Waals surface area contributed by atoms with Gasteiger partial charge in [0.1, 0.15) is 0 Å². The molecule has 5 nitrogen and oxygen atoms in total. The summed E-state index contributed by atoms with van der Waals surface area (Å²) in [5.41, 5.74) is 6.24. The van der Waals surface area contributed by atoms with Gasteiger partial charge in [-0.1, -0.05) is 24.3 Å². The van der Waals surface area contributed by atoms with Crippen molar-refractivity contribution in [1.82, 2.24) is 19.0 Å². The SMILES string of the molecule is Cn1cc(CN2C[C@@H]3C[C@H](C2)c2c(-c4cccnc4)ccc(=O)n2C3)c2ccccc21. The number of aryl methyl sites for hydroxylation is 1. The molecule has 0 unspecified atom stereocenters. The first-order valence-electron chi connectivity index (χ1n) is 11.1. The van der Waals surface area contributed by atoms with Gasteiger partial charge in [-0.3, -0.25) is 14.7 Å². The average Bonchev–Trinajstić information content (AvgIpc) is 3.10. The number of fused-ring (bicyclic) bond motifs is 5. The number of likely N-dealkylation sites (tertiary alicyclic amines) is 1. The lowest BCUT2D eigenvalue weighted by molar-refractivity contribution is 0.115. The second kappa shape index (κ2) is 7.20. The van der Waals surface area contributed by atoms with Crippen LogP contribution in [0.1, 0.15) is 23.6 Å². The van der Waals surface area contributed by atoms with E-state index in [1.807, 2.05) is 22.9 Å². The zero-order valence-electron chi connectivity index (χ0n) is 17.7. The van der Waals surface area contributed by atoms with Gasteiger partial charge in [0.25, 0.3) is 5.56 Å². The van der Waals surface area contributed by atoms with Gasteiger partial charge in [-0.15, -0.1) is 0 Å². The summed E-state index contributed by atoms with van der Waals surface area (Å²) in [5, 5.41) is 1.34. The van der Waals surface area contributed by atoms with Crippen LogP contribution in [0.2, 0.25) is 0 Å². The van der Waals surface area contributed by atoms with E-state index in [1.165, 1.54) is 22.2 Å². The van der Waals surface area contributed by atoms with Crippen LogP contribution in [0.4, 0.5) is 0 Å². The summed E-state index contributed by atoms with van der Waals surface area (Å²) in [6.45, 7) is 3.79. The standard InChI is InChI=1S/C26H26N4O/c1-28-15-21(22-6-2-3-7-24(22)28)17-29-13-18-11-20(16-29)26-23(19-5-4-10-27-12-19)8-9-25(31)30(26)14-18/h2-10,12,15,18,20H,11,13-14,16-17H2,1H3/t18-,20+/m0/s1. The molecule has 3 aromatic heterocycles. The molecular formula is C26H26N4O. The van der Waals surface area contributed by atoms with Crippen LogP contribution in [0.15, 0.2) is 71.9 Å². The van der Waals surface area contributed by atoms with Gasteiger partial charge in [0, 0.05) is 91.5 Å². The van der Waals surface area contributed by atoms with Crippen LogP contribution >= 0.6 is 0 Å². The highest BCUT2D eigenvalue weighted by atomic mass is 16.1. The van der Waals surface area contributed by atoms with Crippen molar-refractivity contribution in [3.8, 4) is 11.1 Å². The number of benzene rings is 1. The molecule has 0 amide bonds. The van der Waals surface area contributed by atoms with Gasteiger partial charge in [0.15, 0.2) is 0 Å². The molecule has 156 valence electrons. The minimum atomic E-state index is 0.125. The van der Waals surface area contributed by atoms with E-state index in [2.05, 4.69) is 58.0 Å². The molecule has 0 aliphatic carbocycles. The zero-order chi connectivity index (χ0) is 20.9. The second-order valence-corrected chi connectivity index (χ2v) is 9.10. The Labute approximate surface area is 181 Å². The van der Waals surface area contributed by atoms with Gasteiger partial charge in [0.05, 0.1) is 0 Å². The van der Waals surface area contributed by atoms with Crippen LogP contribution in [0.25, 0.3) is 22.0 Å². The molecule has 2 bridgehead atoms. The quantitative estimate of drug-likeness (QED) is 0.512. The predicted octanol–water partition coefficient (Wildman–Crippen LogP) is 4.02. The summed E-state index contributed by atoms with van der Waals surface area (Å²) < 4.78 is 4.27. The maximum Gasteiger partial charge on any atom is 0.250 e. The van der Waals surface area contributed by atoms with Crippen LogP contribution in [0.5, 0.6) is 0 Å². The fraction of sp³-hybridized carbons (Fsp3) is 0.308. The van der Waals surface area contributed by atoms with Crippen molar-refractivity contribution in [2.75, 3.05) is 13.1 Å². The first-order valence-corrected chi connectivity index (χ1v) is 11.1. The van der Waals surface area contributed by atoms with Crippen LogP contribution < -0.4 is 5.56 Å². The Balaban J connectivity index is 1.36. The molecule has 0 spiro atoms. The Kier molecular flexibility index (Phi) is 4.32. The van der Waals surface area contributed by atoms with Crippen molar-refractivity contribution in [2.45, 2.75) is 25.4 Å². The number of piperidine rings is 1. The van der Waals surface area contributed by atoms with E-state index in [-0.39, 0.29) is 5.56 Å². The molecule has 1 saturated heterocycles. The molecule has 1 aromatic carbocycles. The molecule has 0 radical (unpaired) electrons. The second-order valence-electron chi connectivity index (χ2n) is 9.10. The van der Waals surface area contributed by atoms with Crippen molar-refractivity contribution < 1.29 is 0 Å². The summed E-state index contributed by atoms with van der Waals surface area (Å²) in [6, 6.07) is 16.4. The highest BCUT2D eigenvalue weighted by Crippen LogP contribution is 2.40. The normalized spacial score (nSPS) is 20.7. The first kappa shape index (κ1) is 18.6. The smallest absolute Gasteiger partial charge is 0.250 e. The largest absolute Gasteiger partial charge is 0.350 e. The third-order valence-electron chi connectivity index (χ3n) is 7.01. The Bertz CT molecular complexity index is 1320. The third kappa shape index (κ3) is 3.12. The maximum absolute atomic E-state index is 12.7. The van der Waals surface area contributed by atoms with Crippen molar-refractivity contribution in [1.29, 1.82) is 0 Å². The summed E-state index contributed by atoms with van der Waals surface area (Å²) in [5.74, 6) is 0.884. The van der Waals surface area contributed by atoms with Crippen LogP contribution in [-0.4, -0.2) is 32.1 Å². The Morgan fingerprint density at radius 3 is 2.81 bits per heavy atom. The van der Waals surface area contributed by atoms with Crippen molar-refractivity contribution in [3.05, 3.63) is 88.7 Å². The highest BCUT2D eigenvalue weighted by Gasteiger charge is 2.36. The molecule has 31 heavy (non-hydrogen) atoms. The summed E-state index contributed by atoms with van der Waals surface area (Å²) in [4.78, 5) is 19.6. The number of hydrogen-bond donors (Lipinski definition) is 0. The minimum Gasteiger partial charge on any atom is -0.350 e. The first-order chi connectivity index (χ1) is 15.2. The van der Waals surface area contributed by atoms with Gasteiger partial charge < -0.3 is 9.13 Å². The molecule has 5 heterocycles. The molecule has 2 atom stereocenters. The minimum absolute atomic E-state index is 0.125. The lowest BCUT2D eigenvalue weighted by Crippen LogP contribution is -2.47. The molecule has 2 aliphatic heterocycles. The lowest BCUT2D eigenvalue weighted by atomic mass is 9.80. The Morgan fingerprint density at radius 1 is 1.03 bits per heavy atom. The van der Waals surface area contributed by atoms with Gasteiger partial charge in [-0.05, 0) is 36.1 Å². The monoisotopic (exact) mass is 410 g/mol. The highest BCUT2D eigenvalue weighted by molar-refractivity contribution is 5.83. The van der Waals surface area contributed by atoms with Gasteiger partial charge >= 0.3 is 0 Å². The van der Waals surface area contributed by atoms with E-state index in [4.69, 9.17) is 0 Å². The number of aromatic nitrogens is 3. The Hall–Kier alpha value is -3.18. The van der Waals surface area contributed by atoms with E-state index in [1.54, 1.807) is 12.3 Å². The molecule has 1 fully saturated rings. The van der Waals surface area contributed by atoms with E-state index in [0.29, 0.717) is 11.8 Å². The maximum atomic E-state index is 12.7. The van der Waals surface area contributed by atoms with Crippen molar-refractivity contribution in [3.63, 3.8) is 0 Å². The zero-order valence-corrected chi connectivity index (χ0v) is 17.7. The number of hydrogen-bond acceptors (Lipinski definition) is 3. The summed E-state index contributed by atoms with van der Waals surface area (Å²) in [6.07, 6.45) is 7.13. The third-order valence-corrected chi connectivity index (χ3v) is 7.01. The molecule has 5 heteroatoms. The average molecular weight is 411 g/mol. The molecule has 4 aromatic rings. The molecule has 0 saturated carbocycles. The fourth-order valence-electron chi connectivity index (χ4n) is 5.80. The molecule has 0 N–H and O–H groups in total. The molecule has 2 aliphatic rings. The number of pyridine rings is 2. The molecule has 6 rings (SSSR count). The number of para-hydroxylation sites is 1. The van der Waals surface area contributed by atoms with Crippen molar-refractivity contribution in [2.24, 2.45) is 13.0 Å². The van der Waals surface area contributed by atoms with E-state index in [0.717, 1.165) is 43.7 Å². The Morgan fingerprint density at radius 2 is 1.94 bits per heavy atom. The summed E-state index contributed by atoms with van der Waals surface area (Å²) in [7, 11) is 2.12. The predicted molar refractivity (Wildman–Crippen MR) is 123 cm³/mol.